The van der Waals surface area contributed by atoms with Gasteiger partial charge < -0.3 is 46.0 Å². The second-order valence-electron chi connectivity index (χ2n) is 9.52. The minimum absolute atomic E-state index is 0. The van der Waals surface area contributed by atoms with Crippen molar-refractivity contribution < 1.29 is 46.0 Å². The predicted molar refractivity (Wildman–Crippen MR) is 195 cm³/mol. The molecule has 0 saturated heterocycles. The van der Waals surface area contributed by atoms with E-state index < -0.39 is 0 Å². The molecule has 0 heterocycles. The first-order valence-corrected chi connectivity index (χ1v) is 18.0. The maximum atomic E-state index is 9.53. The van der Waals surface area contributed by atoms with Crippen molar-refractivity contribution in [2.75, 3.05) is 59.5 Å². The molecule has 0 saturated carbocycles. The molecule has 0 N–H and O–H groups in total. The van der Waals surface area contributed by atoms with Crippen molar-refractivity contribution in [2.24, 2.45) is 0 Å². The summed E-state index contributed by atoms with van der Waals surface area (Å²) >= 11 is 0. The third-order valence-electron chi connectivity index (χ3n) is 4.48. The summed E-state index contributed by atoms with van der Waals surface area (Å²) in [6, 6.07) is 0. The van der Waals surface area contributed by atoms with Crippen molar-refractivity contribution in [1.82, 2.24) is 0 Å². The molecule has 0 fully saturated rings. The van der Waals surface area contributed by atoms with E-state index in [1.165, 1.54) is 0 Å². The second kappa shape index (κ2) is 134. The maximum Gasteiger partial charge on any atom is 3.00 e. The number of hydrogen-bond acceptors (Lipinski definition) is 9. The van der Waals surface area contributed by atoms with E-state index in [2.05, 4.69) is 0 Å². The molecule has 48 heavy (non-hydrogen) atoms. The second-order valence-corrected chi connectivity index (χ2v) is 9.52. The molecule has 0 aliphatic rings. The monoisotopic (exact) mass is 1020 g/mol. The largest absolute Gasteiger partial charge is 3.00 e. The Morgan fingerprint density at radius 2 is 0.250 bits per heavy atom. The van der Waals surface area contributed by atoms with Crippen LogP contribution in [-0.4, -0.2) is 133 Å². The van der Waals surface area contributed by atoms with Gasteiger partial charge >= 0.3 is 73.3 Å². The first-order valence-electron chi connectivity index (χ1n) is 18.0. The average molecular weight is 1020 g/mol. The maximum absolute atomic E-state index is 9.53. The number of unbranched alkanes of at least 4 members (excludes halogenated alkanes) is 9. The Hall–Kier alpha value is 2.09. The van der Waals surface area contributed by atoms with E-state index in [0.29, 0.717) is 0 Å². The molecule has 9 nitrogen and oxygen atoms in total. The van der Waals surface area contributed by atoms with Crippen molar-refractivity contribution in [3.05, 3.63) is 0 Å². The smallest absolute Gasteiger partial charge is 0.854 e. The van der Waals surface area contributed by atoms with Gasteiger partial charge in [0.15, 0.2) is 0 Å². The van der Waals surface area contributed by atoms with E-state index >= 15 is 0 Å². The zero-order valence-corrected chi connectivity index (χ0v) is 40.8. The minimum atomic E-state index is 0. The molecule has 0 bridgehead atoms. The van der Waals surface area contributed by atoms with Gasteiger partial charge in [0, 0.05) is 0 Å². The predicted octanol–water partition coefficient (Wildman–Crippen LogP) is 0.179. The number of rotatable bonds is 18. The fourth-order valence-electron chi connectivity index (χ4n) is 1.30. The topological polar surface area (TPSA) is 208 Å². The van der Waals surface area contributed by atoms with Gasteiger partial charge in [-0.1, -0.05) is 178 Å². The van der Waals surface area contributed by atoms with Crippen LogP contribution in [0.1, 0.15) is 178 Å². The summed E-state index contributed by atoms with van der Waals surface area (Å²) in [5.41, 5.74) is 0. The van der Waals surface area contributed by atoms with Gasteiger partial charge in [-0.05, 0) is 0 Å². The van der Waals surface area contributed by atoms with Crippen LogP contribution in [0.2, 0.25) is 0 Å². The number of hydrogen-bond donors (Lipinski definition) is 0. The van der Waals surface area contributed by atoms with E-state index in [1.807, 2.05) is 62.3 Å². The summed E-state index contributed by atoms with van der Waals surface area (Å²) in [7, 11) is 0. The molecule has 0 rings (SSSR count). The van der Waals surface area contributed by atoms with Gasteiger partial charge in [-0.3, -0.25) is 0 Å². The summed E-state index contributed by atoms with van der Waals surface area (Å²) < 4.78 is 0. The summed E-state index contributed by atoms with van der Waals surface area (Å²) in [5, 5.41) is 85.8. The van der Waals surface area contributed by atoms with Gasteiger partial charge in [0.05, 0.1) is 0 Å². The third kappa shape index (κ3) is 264. The zero-order chi connectivity index (χ0) is 37.1. The summed E-state index contributed by atoms with van der Waals surface area (Å²) in [6.07, 6.45) is 16.8. The van der Waals surface area contributed by atoms with Gasteiger partial charge in [-0.2, -0.15) is 0 Å². The van der Waals surface area contributed by atoms with E-state index in [-0.39, 0.29) is 133 Å². The summed E-state index contributed by atoms with van der Waals surface area (Å²) in [4.78, 5) is 0. The van der Waals surface area contributed by atoms with Gasteiger partial charge in [0.2, 0.25) is 0 Å². The van der Waals surface area contributed by atoms with Gasteiger partial charge in [0.25, 0.3) is 0 Å². The van der Waals surface area contributed by atoms with E-state index in [0.717, 1.165) is 116 Å². The Kier molecular flexibility index (Phi) is 233. The molecule has 0 atom stereocenters. The van der Waals surface area contributed by atoms with Crippen LogP contribution in [0.3, 0.4) is 0 Å². The Morgan fingerprint density at radius 3 is 0.250 bits per heavy atom. The molecule has 0 aliphatic heterocycles. The quantitative estimate of drug-likeness (QED) is 0.172. The molecule has 0 aromatic carbocycles. The Bertz CT molecular complexity index is 202. The van der Waals surface area contributed by atoms with E-state index in [9.17, 15) is 46.0 Å². The van der Waals surface area contributed by atoms with Crippen molar-refractivity contribution >= 4 is 73.3 Å². The molecule has 0 aromatic rings. The molecule has 0 spiro atoms. The van der Waals surface area contributed by atoms with Crippen molar-refractivity contribution in [2.45, 2.75) is 178 Å². The van der Waals surface area contributed by atoms with Crippen LogP contribution in [0.4, 0.5) is 0 Å². The Balaban J connectivity index is -0.0000000301. The zero-order valence-electron chi connectivity index (χ0n) is 33.1. The summed E-state index contributed by atoms with van der Waals surface area (Å²) in [6.45, 7) is 19.0. The molecule has 0 aliphatic carbocycles. The van der Waals surface area contributed by atoms with E-state index in [4.69, 9.17) is 0 Å². The molecule has 12 heteroatoms. The van der Waals surface area contributed by atoms with Crippen LogP contribution in [-0.2, 0) is 0 Å². The first kappa shape index (κ1) is 83.2. The van der Waals surface area contributed by atoms with Crippen LogP contribution < -0.4 is 46.0 Å². The van der Waals surface area contributed by atoms with E-state index in [1.54, 1.807) is 0 Å². The molecule has 0 amide bonds. The normalized spacial score (nSPS) is 7.88. The van der Waals surface area contributed by atoms with Crippen LogP contribution >= 0.6 is 0 Å². The van der Waals surface area contributed by atoms with Gasteiger partial charge in [-0.15, -0.1) is 59.5 Å². The van der Waals surface area contributed by atoms with Crippen LogP contribution in [0.15, 0.2) is 0 Å². The summed E-state index contributed by atoms with van der Waals surface area (Å²) in [5.74, 6) is 0. The molecule has 0 unspecified atom stereocenters. The fourth-order valence-corrected chi connectivity index (χ4v) is 1.30. The van der Waals surface area contributed by atoms with Gasteiger partial charge in [0.1, 0.15) is 0 Å². The Morgan fingerprint density at radius 1 is 0.188 bits per heavy atom. The van der Waals surface area contributed by atoms with Crippen LogP contribution in [0.5, 0.6) is 0 Å². The SMILES string of the molecule is CCCC[O-].CCCC[O-].CCCC[O-].CCCC[O-].CCCC[O-].CCCC[O-].CCCC[O-].CCCC[O-].CCCC[O-].[Sb+3].[Sb+3].[Sb+3]. The van der Waals surface area contributed by atoms with Crippen molar-refractivity contribution in [1.29, 1.82) is 0 Å². The molecular formula is C36H81O9Sb3. The van der Waals surface area contributed by atoms with Gasteiger partial charge in [-0.25, -0.2) is 0 Å². The third-order valence-corrected chi connectivity index (χ3v) is 4.48. The van der Waals surface area contributed by atoms with Crippen molar-refractivity contribution in [3.8, 4) is 0 Å². The minimum Gasteiger partial charge on any atom is -0.854 e. The first-order chi connectivity index (χ1) is 21.7. The van der Waals surface area contributed by atoms with Crippen LogP contribution in [0, 0.1) is 0 Å². The van der Waals surface area contributed by atoms with Crippen LogP contribution in [0.25, 0.3) is 0 Å². The Labute approximate surface area is 353 Å². The fraction of sp³-hybridized carbons (Fsp3) is 1.00. The molecule has 294 valence electrons. The molecular weight excluding hydrogens is 942 g/mol. The van der Waals surface area contributed by atoms with Crippen molar-refractivity contribution in [3.63, 3.8) is 0 Å². The standard InChI is InChI=1S/9C4H9O.3Sb/c9*1-2-3-4-5;;;/h9*2-4H2,1H3;;;/q9*-1;3*+3. The average Bonchev–Trinajstić information content (AvgIpc) is 3.03. The molecule has 0 aromatic heterocycles. The molecule has 6 radical (unpaired) electrons.